The highest BCUT2D eigenvalue weighted by atomic mass is 32.2. The first-order chi connectivity index (χ1) is 14.8. The third-order valence-corrected chi connectivity index (χ3v) is 6.42. The second-order valence-electron chi connectivity index (χ2n) is 7.17. The van der Waals surface area contributed by atoms with E-state index in [1.807, 2.05) is 88.1 Å². The molecule has 0 bridgehead atoms. The second kappa shape index (κ2) is 8.20. The molecule has 0 aliphatic carbocycles. The summed E-state index contributed by atoms with van der Waals surface area (Å²) < 4.78 is 2.04. The number of amides is 1. The first-order valence-electron chi connectivity index (χ1n) is 9.88. The molecule has 1 aliphatic rings. The molecule has 1 unspecified atom stereocenters. The average Bonchev–Trinajstić information content (AvgIpc) is 3.17. The lowest BCUT2D eigenvalue weighted by atomic mass is 10.2. The molecule has 1 aliphatic heterocycles. The zero-order chi connectivity index (χ0) is 20.3. The van der Waals surface area contributed by atoms with Gasteiger partial charge in [0.1, 0.15) is 5.52 Å². The summed E-state index contributed by atoms with van der Waals surface area (Å²) in [5, 5.41) is 3.64. The van der Waals surface area contributed by atoms with E-state index in [-0.39, 0.29) is 5.25 Å². The molecule has 2 aromatic heterocycles. The van der Waals surface area contributed by atoms with Crippen LogP contribution in [-0.4, -0.2) is 44.7 Å². The Morgan fingerprint density at radius 3 is 2.60 bits per heavy atom. The molecule has 1 atom stereocenters. The Morgan fingerprint density at radius 2 is 1.83 bits per heavy atom. The topological polar surface area (TPSA) is 63.1 Å². The van der Waals surface area contributed by atoms with E-state index in [1.54, 1.807) is 0 Å². The van der Waals surface area contributed by atoms with Crippen molar-refractivity contribution in [3.63, 3.8) is 0 Å². The number of hydrogen-bond acceptors (Lipinski definition) is 5. The lowest BCUT2D eigenvalue weighted by molar-refractivity contribution is -0.118. The van der Waals surface area contributed by atoms with Gasteiger partial charge in [-0.15, -0.1) is 0 Å². The number of pyridine rings is 1. The van der Waals surface area contributed by atoms with E-state index < -0.39 is 0 Å². The zero-order valence-corrected chi connectivity index (χ0v) is 17.1. The predicted octanol–water partition coefficient (Wildman–Crippen LogP) is 4.41. The largest absolute Gasteiger partial charge is 0.343 e. The monoisotopic (exact) mass is 415 g/mol. The maximum Gasteiger partial charge on any atom is 0.214 e. The summed E-state index contributed by atoms with van der Waals surface area (Å²) in [4.78, 5) is 22.7. The molecule has 150 valence electrons. The van der Waals surface area contributed by atoms with E-state index in [9.17, 15) is 4.79 Å². The molecule has 5 rings (SSSR count). The molecule has 0 saturated carbocycles. The Labute approximate surface area is 178 Å². The van der Waals surface area contributed by atoms with Crippen molar-refractivity contribution >= 4 is 41.0 Å². The Morgan fingerprint density at radius 1 is 1.07 bits per heavy atom. The number of para-hydroxylation sites is 2. The lowest BCUT2D eigenvalue weighted by Gasteiger charge is -2.29. The highest BCUT2D eigenvalue weighted by molar-refractivity contribution is 7.99. The number of carbonyl (C=O) groups excluding carboxylic acids is 1. The van der Waals surface area contributed by atoms with Crippen LogP contribution in [-0.2, 0) is 4.79 Å². The van der Waals surface area contributed by atoms with E-state index in [0.29, 0.717) is 6.54 Å². The van der Waals surface area contributed by atoms with Crippen molar-refractivity contribution < 1.29 is 4.79 Å². The molecule has 0 radical (unpaired) electrons. The summed E-state index contributed by atoms with van der Waals surface area (Å²) >= 11 is 1.86. The minimum absolute atomic E-state index is 0.216. The van der Waals surface area contributed by atoms with Gasteiger partial charge in [0.15, 0.2) is 5.65 Å². The smallest absolute Gasteiger partial charge is 0.214 e. The fourth-order valence-electron chi connectivity index (χ4n) is 3.68. The van der Waals surface area contributed by atoms with Crippen LogP contribution in [0.2, 0.25) is 0 Å². The number of nitrogens with zero attached hydrogens (tertiary/aromatic N) is 4. The summed E-state index contributed by atoms with van der Waals surface area (Å²) in [6.45, 7) is 1.50. The molecule has 6 nitrogen and oxygen atoms in total. The van der Waals surface area contributed by atoms with Gasteiger partial charge in [0.25, 0.3) is 0 Å². The number of nitrogens with one attached hydrogen (secondary N) is 1. The van der Waals surface area contributed by atoms with Crippen LogP contribution in [0.25, 0.3) is 16.9 Å². The van der Waals surface area contributed by atoms with Gasteiger partial charge in [0.05, 0.1) is 5.69 Å². The van der Waals surface area contributed by atoms with Crippen molar-refractivity contribution in [1.82, 2.24) is 19.4 Å². The molecule has 2 aromatic carbocycles. The van der Waals surface area contributed by atoms with Gasteiger partial charge < -0.3 is 10.2 Å². The molecule has 7 heteroatoms. The number of fused-ring (bicyclic) bond motifs is 1. The van der Waals surface area contributed by atoms with Crippen LogP contribution in [0.1, 0.15) is 10.8 Å². The fraction of sp³-hybridized carbons (Fsp3) is 0.174. The van der Waals surface area contributed by atoms with E-state index in [4.69, 9.17) is 9.97 Å². The normalized spacial score (nSPS) is 16.5. The molecule has 4 aromatic rings. The fourth-order valence-corrected chi connectivity index (χ4v) is 4.92. The van der Waals surface area contributed by atoms with Crippen molar-refractivity contribution in [1.29, 1.82) is 0 Å². The quantitative estimate of drug-likeness (QED) is 0.489. The predicted molar refractivity (Wildman–Crippen MR) is 121 cm³/mol. The minimum atomic E-state index is 0.216. The molecule has 30 heavy (non-hydrogen) atoms. The number of benzene rings is 2. The molecule has 0 spiro atoms. The molecular formula is C23H21N5OS. The van der Waals surface area contributed by atoms with E-state index in [0.717, 1.165) is 52.8 Å². The van der Waals surface area contributed by atoms with Gasteiger partial charge in [0, 0.05) is 36.0 Å². The molecule has 3 heterocycles. The summed E-state index contributed by atoms with van der Waals surface area (Å²) in [5.74, 6) is 1.65. The van der Waals surface area contributed by atoms with Gasteiger partial charge >= 0.3 is 0 Å². The third-order valence-electron chi connectivity index (χ3n) is 5.18. The average molecular weight is 416 g/mol. The summed E-state index contributed by atoms with van der Waals surface area (Å²) in [6, 6.07) is 22.2. The molecular weight excluding hydrogens is 394 g/mol. The van der Waals surface area contributed by atoms with Crippen LogP contribution >= 0.6 is 11.8 Å². The summed E-state index contributed by atoms with van der Waals surface area (Å²) in [7, 11) is 0. The van der Waals surface area contributed by atoms with E-state index >= 15 is 0 Å². The standard InChI is InChI=1S/C23H21N5OS/c29-16-27-11-12-30-21(15-27)17-13-20-22(24-14-17)28(19-9-5-2-6-10-19)23(26-20)25-18-7-3-1-4-8-18/h1-10,13-14,16,21H,11-12,15H2,(H,25,26). The number of thioether (sulfide) groups is 1. The number of anilines is 2. The minimum Gasteiger partial charge on any atom is -0.343 e. The van der Waals surface area contributed by atoms with Crippen molar-refractivity contribution in [3.8, 4) is 5.69 Å². The number of aromatic nitrogens is 3. The number of hydrogen-bond donors (Lipinski definition) is 1. The second-order valence-corrected chi connectivity index (χ2v) is 8.48. The number of rotatable bonds is 5. The van der Waals surface area contributed by atoms with Crippen LogP contribution in [0, 0.1) is 0 Å². The summed E-state index contributed by atoms with van der Waals surface area (Å²) in [6.07, 6.45) is 2.85. The highest BCUT2D eigenvalue weighted by Crippen LogP contribution is 2.34. The van der Waals surface area contributed by atoms with Crippen LogP contribution < -0.4 is 5.32 Å². The van der Waals surface area contributed by atoms with Crippen molar-refractivity contribution in [2.75, 3.05) is 24.2 Å². The maximum atomic E-state index is 11.2. The van der Waals surface area contributed by atoms with Crippen LogP contribution in [0.15, 0.2) is 72.9 Å². The van der Waals surface area contributed by atoms with Gasteiger partial charge in [-0.25, -0.2) is 9.97 Å². The van der Waals surface area contributed by atoms with Crippen molar-refractivity contribution in [2.24, 2.45) is 0 Å². The summed E-state index contributed by atoms with van der Waals surface area (Å²) in [5.41, 5.74) is 4.70. The van der Waals surface area contributed by atoms with Crippen molar-refractivity contribution in [2.45, 2.75) is 5.25 Å². The lowest BCUT2D eigenvalue weighted by Crippen LogP contribution is -2.33. The molecule has 1 N–H and O–H groups in total. The zero-order valence-electron chi connectivity index (χ0n) is 16.3. The maximum absolute atomic E-state index is 11.2. The SMILES string of the molecule is O=CN1CCSC(c2cnc3c(c2)nc(Nc2ccccc2)n3-c2ccccc2)C1. The van der Waals surface area contributed by atoms with Gasteiger partial charge in [0.2, 0.25) is 12.4 Å². The van der Waals surface area contributed by atoms with Gasteiger partial charge in [-0.3, -0.25) is 9.36 Å². The number of imidazole rings is 1. The number of carbonyl (C=O) groups is 1. The van der Waals surface area contributed by atoms with Crippen molar-refractivity contribution in [3.05, 3.63) is 78.5 Å². The van der Waals surface area contributed by atoms with Gasteiger partial charge in [-0.1, -0.05) is 36.4 Å². The first-order valence-corrected chi connectivity index (χ1v) is 10.9. The van der Waals surface area contributed by atoms with Crippen LogP contribution in [0.5, 0.6) is 0 Å². The van der Waals surface area contributed by atoms with Crippen LogP contribution in [0.4, 0.5) is 11.6 Å². The highest BCUT2D eigenvalue weighted by Gasteiger charge is 2.23. The Hall–Kier alpha value is -3.32. The first kappa shape index (κ1) is 18.7. The van der Waals surface area contributed by atoms with Gasteiger partial charge in [-0.2, -0.15) is 11.8 Å². The Kier molecular flexibility index (Phi) is 5.11. The molecule has 1 amide bonds. The Balaban J connectivity index is 1.58. The van der Waals surface area contributed by atoms with E-state index in [1.165, 1.54) is 0 Å². The van der Waals surface area contributed by atoms with E-state index in [2.05, 4.69) is 11.4 Å². The third kappa shape index (κ3) is 3.64. The molecule has 1 saturated heterocycles. The molecule has 1 fully saturated rings. The van der Waals surface area contributed by atoms with Crippen LogP contribution in [0.3, 0.4) is 0 Å². The van der Waals surface area contributed by atoms with Gasteiger partial charge in [-0.05, 0) is 35.9 Å². The Bertz CT molecular complexity index is 1160.